The van der Waals surface area contributed by atoms with Crippen LogP contribution in [-0.4, -0.2) is 49.4 Å². The summed E-state index contributed by atoms with van der Waals surface area (Å²) < 4.78 is 0.973. The van der Waals surface area contributed by atoms with Gasteiger partial charge in [0.2, 0.25) is 5.91 Å². The molecule has 0 atom stereocenters. The lowest BCUT2D eigenvalue weighted by Crippen LogP contribution is -2.48. The van der Waals surface area contributed by atoms with Crippen LogP contribution in [-0.2, 0) is 4.79 Å². The Kier molecular flexibility index (Phi) is 7.05. The van der Waals surface area contributed by atoms with Gasteiger partial charge in [0.15, 0.2) is 0 Å². The van der Waals surface area contributed by atoms with Gasteiger partial charge in [0.25, 0.3) is 5.91 Å². The molecule has 2 amide bonds. The molecule has 2 N–H and O–H groups in total. The van der Waals surface area contributed by atoms with Gasteiger partial charge in [0.05, 0.1) is 0 Å². The molecule has 1 heterocycles. The van der Waals surface area contributed by atoms with E-state index in [1.54, 1.807) is 12.1 Å². The average molecular weight is 478 g/mol. The maximum Gasteiger partial charge on any atom is 0.269 e. The smallest absolute Gasteiger partial charge is 0.269 e. The number of anilines is 1. The second kappa shape index (κ2) is 9.70. The van der Waals surface area contributed by atoms with Gasteiger partial charge in [-0.3, -0.25) is 25.3 Å². The van der Waals surface area contributed by atoms with Gasteiger partial charge < -0.3 is 4.90 Å². The van der Waals surface area contributed by atoms with Crippen LogP contribution in [0.1, 0.15) is 16.8 Å². The lowest BCUT2D eigenvalue weighted by molar-refractivity contribution is -0.122. The average Bonchev–Trinajstić information content (AvgIpc) is 2.71. The molecule has 0 spiro atoms. The Hall–Kier alpha value is -2.13. The van der Waals surface area contributed by atoms with Crippen LogP contribution in [0, 0.1) is 3.57 Å². The molecule has 2 aromatic rings. The molecule has 2 aromatic carbocycles. The van der Waals surface area contributed by atoms with Crippen LogP contribution in [0.5, 0.6) is 0 Å². The lowest BCUT2D eigenvalue weighted by atomic mass is 10.2. The zero-order valence-corrected chi connectivity index (χ0v) is 17.2. The molecule has 0 unspecified atom stereocenters. The summed E-state index contributed by atoms with van der Waals surface area (Å²) in [6.07, 6.45) is 0.359. The summed E-state index contributed by atoms with van der Waals surface area (Å²) in [7, 11) is 0. The highest BCUT2D eigenvalue weighted by molar-refractivity contribution is 14.1. The minimum Gasteiger partial charge on any atom is -0.369 e. The fourth-order valence-corrected chi connectivity index (χ4v) is 3.56. The van der Waals surface area contributed by atoms with Crippen LogP contribution in [0.3, 0.4) is 0 Å². The van der Waals surface area contributed by atoms with Crippen molar-refractivity contribution >= 4 is 40.1 Å². The van der Waals surface area contributed by atoms with Crippen molar-refractivity contribution in [3.05, 3.63) is 63.7 Å². The number of nitrogens with one attached hydrogen (secondary N) is 2. The summed E-state index contributed by atoms with van der Waals surface area (Å²) in [4.78, 5) is 28.7. The third-order valence-electron chi connectivity index (χ3n) is 4.55. The molecule has 0 saturated carbocycles. The molecule has 0 radical (unpaired) electrons. The van der Waals surface area contributed by atoms with E-state index in [0.717, 1.165) is 29.7 Å². The number of benzene rings is 2. The standard InChI is InChI=1S/C20H23IN4O2/c21-17-6-4-5-16(15-17)20(27)23-22-19(26)9-10-24-11-13-25(14-12-24)18-7-2-1-3-8-18/h1-8,15H,9-14H2,(H,22,26)(H,23,27). The van der Waals surface area contributed by atoms with Gasteiger partial charge >= 0.3 is 0 Å². The lowest BCUT2D eigenvalue weighted by Gasteiger charge is -2.36. The van der Waals surface area contributed by atoms with Gasteiger partial charge in [0, 0.05) is 54.0 Å². The molecule has 1 saturated heterocycles. The van der Waals surface area contributed by atoms with Crippen molar-refractivity contribution < 1.29 is 9.59 Å². The second-order valence-corrected chi connectivity index (χ2v) is 7.67. The number of nitrogens with zero attached hydrogens (tertiary/aromatic N) is 2. The highest BCUT2D eigenvalue weighted by Crippen LogP contribution is 2.15. The monoisotopic (exact) mass is 478 g/mol. The molecule has 1 aliphatic heterocycles. The van der Waals surface area contributed by atoms with Gasteiger partial charge in [-0.05, 0) is 52.9 Å². The number of hydrogen-bond acceptors (Lipinski definition) is 4. The highest BCUT2D eigenvalue weighted by Gasteiger charge is 2.17. The molecule has 1 aliphatic rings. The van der Waals surface area contributed by atoms with Crippen molar-refractivity contribution in [2.24, 2.45) is 0 Å². The van der Waals surface area contributed by atoms with E-state index in [0.29, 0.717) is 18.5 Å². The molecule has 3 rings (SSSR count). The minimum absolute atomic E-state index is 0.181. The van der Waals surface area contributed by atoms with E-state index in [1.807, 2.05) is 18.2 Å². The molecular weight excluding hydrogens is 455 g/mol. The van der Waals surface area contributed by atoms with Crippen molar-refractivity contribution in [2.75, 3.05) is 37.6 Å². The number of halogens is 1. The van der Waals surface area contributed by atoms with E-state index >= 15 is 0 Å². The number of piperazine rings is 1. The van der Waals surface area contributed by atoms with Gasteiger partial charge in [-0.1, -0.05) is 24.3 Å². The van der Waals surface area contributed by atoms with Crippen LogP contribution in [0.2, 0.25) is 0 Å². The topological polar surface area (TPSA) is 64.7 Å². The third-order valence-corrected chi connectivity index (χ3v) is 5.22. The predicted molar refractivity (Wildman–Crippen MR) is 114 cm³/mol. The van der Waals surface area contributed by atoms with E-state index in [2.05, 4.69) is 67.5 Å². The van der Waals surface area contributed by atoms with Crippen LogP contribution in [0.4, 0.5) is 5.69 Å². The van der Waals surface area contributed by atoms with Gasteiger partial charge in [-0.25, -0.2) is 0 Å². The number of para-hydroxylation sites is 1. The molecule has 7 heteroatoms. The first kappa shape index (κ1) is 19.6. The fourth-order valence-electron chi connectivity index (χ4n) is 3.02. The Morgan fingerprint density at radius 2 is 1.67 bits per heavy atom. The van der Waals surface area contributed by atoms with Crippen molar-refractivity contribution in [3.8, 4) is 0 Å². The normalized spacial score (nSPS) is 14.6. The molecular formula is C20H23IN4O2. The van der Waals surface area contributed by atoms with Crippen molar-refractivity contribution in [1.29, 1.82) is 0 Å². The molecule has 0 aliphatic carbocycles. The van der Waals surface area contributed by atoms with E-state index in [-0.39, 0.29) is 11.8 Å². The van der Waals surface area contributed by atoms with Gasteiger partial charge in [-0.15, -0.1) is 0 Å². The Labute approximate surface area is 173 Å². The predicted octanol–water partition coefficient (Wildman–Crippen LogP) is 2.26. The Morgan fingerprint density at radius 1 is 0.926 bits per heavy atom. The van der Waals surface area contributed by atoms with Crippen LogP contribution >= 0.6 is 22.6 Å². The minimum atomic E-state index is -0.307. The maximum absolute atomic E-state index is 12.0. The number of carbonyl (C=O) groups is 2. The highest BCUT2D eigenvalue weighted by atomic mass is 127. The van der Waals surface area contributed by atoms with Crippen LogP contribution < -0.4 is 15.8 Å². The number of rotatable bonds is 5. The number of carbonyl (C=O) groups excluding carboxylic acids is 2. The summed E-state index contributed by atoms with van der Waals surface area (Å²) in [5.74, 6) is -0.488. The van der Waals surface area contributed by atoms with Crippen LogP contribution in [0.25, 0.3) is 0 Å². The van der Waals surface area contributed by atoms with Crippen molar-refractivity contribution in [3.63, 3.8) is 0 Å². The van der Waals surface area contributed by atoms with E-state index in [1.165, 1.54) is 5.69 Å². The summed E-state index contributed by atoms with van der Waals surface area (Å²) in [6.45, 7) is 4.45. The van der Waals surface area contributed by atoms with Crippen molar-refractivity contribution in [1.82, 2.24) is 15.8 Å². The first-order valence-corrected chi connectivity index (χ1v) is 10.1. The third kappa shape index (κ3) is 5.93. The first-order chi connectivity index (χ1) is 13.1. The fraction of sp³-hybridized carbons (Fsp3) is 0.300. The zero-order chi connectivity index (χ0) is 19.1. The Morgan fingerprint density at radius 3 is 2.37 bits per heavy atom. The second-order valence-electron chi connectivity index (χ2n) is 6.43. The SMILES string of the molecule is O=C(CCN1CCN(c2ccccc2)CC1)NNC(=O)c1cccc(I)c1. The maximum atomic E-state index is 12.0. The van der Waals surface area contributed by atoms with E-state index < -0.39 is 0 Å². The molecule has 1 fully saturated rings. The summed E-state index contributed by atoms with van der Waals surface area (Å²) in [6, 6.07) is 17.6. The number of hydrazine groups is 1. The molecule has 6 nitrogen and oxygen atoms in total. The van der Waals surface area contributed by atoms with E-state index in [4.69, 9.17) is 0 Å². The quantitative estimate of drug-likeness (QED) is 0.512. The summed E-state index contributed by atoms with van der Waals surface area (Å²) in [5, 5.41) is 0. The van der Waals surface area contributed by atoms with Crippen LogP contribution in [0.15, 0.2) is 54.6 Å². The first-order valence-electron chi connectivity index (χ1n) is 8.99. The molecule has 0 bridgehead atoms. The molecule has 0 aromatic heterocycles. The van der Waals surface area contributed by atoms with Gasteiger partial charge in [0.1, 0.15) is 0 Å². The Balaban J connectivity index is 1.36. The molecule has 142 valence electrons. The Bertz CT molecular complexity index is 777. The van der Waals surface area contributed by atoms with Crippen molar-refractivity contribution in [2.45, 2.75) is 6.42 Å². The number of amides is 2. The zero-order valence-electron chi connectivity index (χ0n) is 15.0. The summed E-state index contributed by atoms with van der Waals surface area (Å²) in [5.41, 5.74) is 6.74. The largest absolute Gasteiger partial charge is 0.369 e. The van der Waals surface area contributed by atoms with Gasteiger partial charge in [-0.2, -0.15) is 0 Å². The van der Waals surface area contributed by atoms with E-state index in [9.17, 15) is 9.59 Å². The molecule has 27 heavy (non-hydrogen) atoms. The number of hydrogen-bond donors (Lipinski definition) is 2. The summed E-state index contributed by atoms with van der Waals surface area (Å²) >= 11 is 2.15.